The number of carbonyl (C=O) groups is 1. The minimum Gasteiger partial charge on any atom is -0.394 e. The van der Waals surface area contributed by atoms with Crippen LogP contribution in [0, 0.1) is 0 Å². The second-order valence-corrected chi connectivity index (χ2v) is 27.1. The number of carbonyl (C=O) groups excluding carboxylic acids is 1. The first-order chi connectivity index (χ1) is 47.1. The molecule has 2 aliphatic rings. The number of aliphatic hydroxyl groups excluding tert-OH is 8. The summed E-state index contributed by atoms with van der Waals surface area (Å²) in [5.41, 5.74) is 0. The lowest BCUT2D eigenvalue weighted by Gasteiger charge is -2.46. The smallest absolute Gasteiger partial charge is 0.220 e. The molecule has 0 aromatic rings. The van der Waals surface area contributed by atoms with Gasteiger partial charge in [-0.1, -0.05) is 329 Å². The molecule has 0 aromatic heterocycles. The Kier molecular flexibility index (Phi) is 60.1. The second kappa shape index (κ2) is 65.0. The summed E-state index contributed by atoms with van der Waals surface area (Å²) in [5, 5.41) is 87.8. The molecular formula is C82H143NO13. The number of hydrogen-bond acceptors (Lipinski definition) is 13. The zero-order chi connectivity index (χ0) is 69.4. The summed E-state index contributed by atoms with van der Waals surface area (Å²) >= 11 is 0. The van der Waals surface area contributed by atoms with E-state index in [1.807, 2.05) is 0 Å². The first-order valence-corrected chi connectivity index (χ1v) is 39.1. The van der Waals surface area contributed by atoms with Crippen LogP contribution >= 0.6 is 0 Å². The molecule has 0 radical (unpaired) electrons. The van der Waals surface area contributed by atoms with Crippen molar-refractivity contribution >= 4 is 5.91 Å². The van der Waals surface area contributed by atoms with Crippen LogP contribution in [-0.2, 0) is 23.7 Å². The second-order valence-electron chi connectivity index (χ2n) is 27.1. The first-order valence-electron chi connectivity index (χ1n) is 39.1. The highest BCUT2D eigenvalue weighted by Crippen LogP contribution is 2.30. The van der Waals surface area contributed by atoms with Crippen LogP contribution in [-0.4, -0.2) is 140 Å². The molecule has 9 N–H and O–H groups in total. The van der Waals surface area contributed by atoms with Crippen molar-refractivity contribution in [2.45, 2.75) is 383 Å². The number of amides is 1. The van der Waals surface area contributed by atoms with Gasteiger partial charge in [0.05, 0.1) is 32.0 Å². The molecule has 1 amide bonds. The topological polar surface area (TPSA) is 228 Å². The molecule has 2 rings (SSSR count). The number of aliphatic hydroxyl groups is 8. The molecule has 2 fully saturated rings. The number of rotatable bonds is 64. The van der Waals surface area contributed by atoms with Crippen LogP contribution in [0.4, 0.5) is 0 Å². The van der Waals surface area contributed by atoms with Gasteiger partial charge in [0.1, 0.15) is 48.8 Å². The van der Waals surface area contributed by atoms with Crippen LogP contribution in [0.5, 0.6) is 0 Å². The Labute approximate surface area is 585 Å². The van der Waals surface area contributed by atoms with Crippen molar-refractivity contribution in [2.75, 3.05) is 19.8 Å². The van der Waals surface area contributed by atoms with Gasteiger partial charge in [0, 0.05) is 6.42 Å². The Hall–Kier alpha value is -3.35. The van der Waals surface area contributed by atoms with Gasteiger partial charge < -0.3 is 65.1 Å². The maximum Gasteiger partial charge on any atom is 0.220 e. The first kappa shape index (κ1) is 88.7. The van der Waals surface area contributed by atoms with Gasteiger partial charge >= 0.3 is 0 Å². The van der Waals surface area contributed by atoms with E-state index in [0.717, 1.165) is 116 Å². The third-order valence-electron chi connectivity index (χ3n) is 18.5. The average Bonchev–Trinajstić information content (AvgIpc) is 0.812. The van der Waals surface area contributed by atoms with E-state index in [4.69, 9.17) is 18.9 Å². The maximum atomic E-state index is 13.4. The standard InChI is InChI=1S/C82H143NO13/c1-3-5-7-9-11-13-15-17-19-21-23-25-27-29-31-33-34-35-36-38-40-42-44-46-48-50-52-54-56-58-60-62-64-66-74(87)83-70(69-93-81-79(92)77(90)80(73(68-85)95-81)96-82-78(91)76(89)75(88)72(67-84)94-82)71(86)65-63-61-59-57-55-53-51-49-47-45-43-41-39-37-32-30-28-26-24-22-20-18-16-14-12-10-8-6-4-2/h5,7,11,13,17,19,23,25,29,31,34-35,38,40,44,46,50,52,70-73,75-82,84-86,88-92H,3-4,6,8-10,12,14-16,18,20-22,24,26-28,30,32-33,36-37,39,41-43,45,47-49,51,53-69H2,1-2H3,(H,83,87)/b7-5-,13-11-,19-17-,25-23-,31-29-,35-34-,40-38-,46-44-,52-50-. The summed E-state index contributed by atoms with van der Waals surface area (Å²) in [5.74, 6) is -0.226. The summed E-state index contributed by atoms with van der Waals surface area (Å²) < 4.78 is 23.0. The highest BCUT2D eigenvalue weighted by Gasteiger charge is 2.51. The molecule has 2 aliphatic heterocycles. The van der Waals surface area contributed by atoms with Gasteiger partial charge in [-0.15, -0.1) is 0 Å². The van der Waals surface area contributed by atoms with E-state index >= 15 is 0 Å². The molecule has 0 spiro atoms. The van der Waals surface area contributed by atoms with Crippen molar-refractivity contribution in [1.29, 1.82) is 0 Å². The summed E-state index contributed by atoms with van der Waals surface area (Å²) in [4.78, 5) is 13.4. The fourth-order valence-electron chi connectivity index (χ4n) is 12.4. The van der Waals surface area contributed by atoms with Crippen LogP contribution in [0.25, 0.3) is 0 Å². The lowest BCUT2D eigenvalue weighted by Crippen LogP contribution is -2.65. The molecule has 2 saturated heterocycles. The predicted octanol–water partition coefficient (Wildman–Crippen LogP) is 17.5. The molecule has 14 nitrogen and oxygen atoms in total. The summed E-state index contributed by atoms with van der Waals surface area (Å²) in [6.07, 6.45) is 76.8. The molecular weight excluding hydrogens is 1210 g/mol. The van der Waals surface area contributed by atoms with Gasteiger partial charge in [-0.05, 0) is 83.5 Å². The van der Waals surface area contributed by atoms with E-state index in [2.05, 4.69) is 129 Å². The quantitative estimate of drug-likeness (QED) is 0.0204. The molecule has 0 saturated carbocycles. The fourth-order valence-corrected chi connectivity index (χ4v) is 12.4. The third kappa shape index (κ3) is 47.7. The van der Waals surface area contributed by atoms with Gasteiger partial charge in [-0.3, -0.25) is 4.79 Å². The fraction of sp³-hybridized carbons (Fsp3) is 0.768. The number of allylic oxidation sites excluding steroid dienone is 18. The molecule has 554 valence electrons. The Morgan fingerprint density at radius 2 is 0.719 bits per heavy atom. The minimum absolute atomic E-state index is 0.226. The Bertz CT molecular complexity index is 2030. The van der Waals surface area contributed by atoms with Crippen LogP contribution in [0.1, 0.15) is 309 Å². The lowest BCUT2D eigenvalue weighted by molar-refractivity contribution is -0.359. The van der Waals surface area contributed by atoms with Crippen LogP contribution < -0.4 is 5.32 Å². The summed E-state index contributed by atoms with van der Waals surface area (Å²) in [6.45, 7) is 2.77. The highest BCUT2D eigenvalue weighted by molar-refractivity contribution is 5.76. The van der Waals surface area contributed by atoms with Gasteiger partial charge in [0.2, 0.25) is 5.91 Å². The lowest BCUT2D eigenvalue weighted by atomic mass is 9.97. The maximum absolute atomic E-state index is 13.4. The van der Waals surface area contributed by atoms with Crippen LogP contribution in [0.15, 0.2) is 109 Å². The number of unbranched alkanes of at least 4 members (excludes halogenated alkanes) is 33. The Balaban J connectivity index is 1.65. The van der Waals surface area contributed by atoms with E-state index in [1.54, 1.807) is 0 Å². The van der Waals surface area contributed by atoms with Crippen molar-refractivity contribution in [3.63, 3.8) is 0 Å². The van der Waals surface area contributed by atoms with Gasteiger partial charge in [-0.25, -0.2) is 0 Å². The number of ether oxygens (including phenoxy) is 4. The zero-order valence-corrected chi connectivity index (χ0v) is 60.6. The zero-order valence-electron chi connectivity index (χ0n) is 60.6. The average molecular weight is 1350 g/mol. The van der Waals surface area contributed by atoms with Crippen molar-refractivity contribution < 1.29 is 64.6 Å². The van der Waals surface area contributed by atoms with Crippen molar-refractivity contribution in [2.24, 2.45) is 0 Å². The SMILES string of the molecule is CC/C=C\C/C=C\C/C=C\C/C=C\C/C=C\C/C=C\C/C=C\C/C=C\C/C=C\CCCCCCCC(=O)NC(COC1OC(CO)C(OC2OC(CO)C(O)C(O)C2O)C(O)C1O)C(O)CCCCCCCCCCCCCCCCCCCCCCCCCCCCCCC. The largest absolute Gasteiger partial charge is 0.394 e. The van der Waals surface area contributed by atoms with Gasteiger partial charge in [0.25, 0.3) is 0 Å². The Morgan fingerprint density at radius 1 is 0.385 bits per heavy atom. The predicted molar refractivity (Wildman–Crippen MR) is 396 cm³/mol. The van der Waals surface area contributed by atoms with E-state index in [1.165, 1.54) is 161 Å². The van der Waals surface area contributed by atoms with Gasteiger partial charge in [0.15, 0.2) is 12.6 Å². The molecule has 0 aromatic carbocycles. The van der Waals surface area contributed by atoms with E-state index < -0.39 is 86.8 Å². The number of hydrogen-bond donors (Lipinski definition) is 9. The van der Waals surface area contributed by atoms with Crippen LogP contribution in [0.2, 0.25) is 0 Å². The molecule has 0 bridgehead atoms. The molecule has 96 heavy (non-hydrogen) atoms. The Morgan fingerprint density at radius 3 is 1.10 bits per heavy atom. The van der Waals surface area contributed by atoms with Crippen molar-refractivity contribution in [1.82, 2.24) is 5.32 Å². The summed E-state index contributed by atoms with van der Waals surface area (Å²) in [6, 6.07) is -0.850. The van der Waals surface area contributed by atoms with Crippen molar-refractivity contribution in [3.8, 4) is 0 Å². The summed E-state index contributed by atoms with van der Waals surface area (Å²) in [7, 11) is 0. The van der Waals surface area contributed by atoms with Crippen LogP contribution in [0.3, 0.4) is 0 Å². The molecule has 2 heterocycles. The van der Waals surface area contributed by atoms with E-state index in [-0.39, 0.29) is 18.9 Å². The normalized spacial score (nSPS) is 22.9. The molecule has 12 unspecified atom stereocenters. The minimum atomic E-state index is -1.79. The van der Waals surface area contributed by atoms with Gasteiger partial charge in [-0.2, -0.15) is 0 Å². The highest BCUT2D eigenvalue weighted by atomic mass is 16.7. The van der Waals surface area contributed by atoms with E-state index in [9.17, 15) is 45.6 Å². The molecule has 12 atom stereocenters. The van der Waals surface area contributed by atoms with E-state index in [0.29, 0.717) is 12.8 Å². The monoisotopic (exact) mass is 1350 g/mol. The number of nitrogens with one attached hydrogen (secondary N) is 1. The third-order valence-corrected chi connectivity index (χ3v) is 18.5. The molecule has 14 heteroatoms. The molecule has 0 aliphatic carbocycles. The van der Waals surface area contributed by atoms with Crippen molar-refractivity contribution in [3.05, 3.63) is 109 Å².